The number of benzene rings is 1. The molecule has 3 aromatic heterocycles. The predicted octanol–water partition coefficient (Wildman–Crippen LogP) is 3.31. The molecule has 0 unspecified atom stereocenters. The number of carbonyl (C=O) groups excluding carboxylic acids is 1. The molecule has 14 heteroatoms. The Bertz CT molecular complexity index is 1710. The van der Waals surface area contributed by atoms with Gasteiger partial charge >= 0.3 is 5.69 Å². The fourth-order valence-electron chi connectivity index (χ4n) is 5.23. The monoisotopic (exact) mass is 644 g/mol. The van der Waals surface area contributed by atoms with E-state index in [1.807, 2.05) is 20.8 Å². The highest BCUT2D eigenvalue weighted by molar-refractivity contribution is 7.21. The zero-order valence-corrected chi connectivity index (χ0v) is 27.2. The second kappa shape index (κ2) is 15.4. The van der Waals surface area contributed by atoms with E-state index >= 15 is 0 Å². The van der Waals surface area contributed by atoms with E-state index in [0.717, 1.165) is 37.0 Å². The van der Waals surface area contributed by atoms with Crippen molar-refractivity contribution in [1.29, 1.82) is 0 Å². The summed E-state index contributed by atoms with van der Waals surface area (Å²) in [6, 6.07) is 4.13. The van der Waals surface area contributed by atoms with E-state index in [1.54, 1.807) is 11.8 Å². The number of thiophene rings is 1. The first-order valence-corrected chi connectivity index (χ1v) is 15.9. The molecule has 1 fully saturated rings. The number of rotatable bonds is 10. The first-order chi connectivity index (χ1) is 21.6. The maximum Gasteiger partial charge on any atom is 0.332 e. The fraction of sp³-hybridized carbons (Fsp3) is 0.516. The van der Waals surface area contributed by atoms with Crippen LogP contribution in [0, 0.1) is 12.7 Å². The first-order valence-electron chi connectivity index (χ1n) is 15.1. The highest BCUT2D eigenvalue weighted by Gasteiger charge is 2.25. The molecule has 0 spiro atoms. The Morgan fingerprint density at radius 2 is 1.89 bits per heavy atom. The molecule has 45 heavy (non-hydrogen) atoms. The Morgan fingerprint density at radius 1 is 1.20 bits per heavy atom. The number of aryl methyl sites for hydroxylation is 3. The van der Waals surface area contributed by atoms with Gasteiger partial charge in [0.25, 0.3) is 5.56 Å². The second-order valence-corrected chi connectivity index (χ2v) is 12.1. The standard InChI is InChI=1S/C26H31FN6O4S.C5H10O2/c1-6-12-30(16(2)3)21(34)15-32-23(35)22-17(4)24(33-28-10-11-29-33)38-25(22)31(26(32)36)13-9-18-14-19(27)7-8-20(18)37-5;6-5-1-3-7-4-2-5/h7-8,10-11,14,16H,6,9,12-13,15H2,1-5H3;5-6H,1-4H2. The summed E-state index contributed by atoms with van der Waals surface area (Å²) in [5.41, 5.74) is 0.0502. The third-order valence-electron chi connectivity index (χ3n) is 7.61. The van der Waals surface area contributed by atoms with Crippen LogP contribution in [0.2, 0.25) is 0 Å². The van der Waals surface area contributed by atoms with Gasteiger partial charge < -0.3 is 19.5 Å². The lowest BCUT2D eigenvalue weighted by Crippen LogP contribution is -2.46. The van der Waals surface area contributed by atoms with Crippen LogP contribution in [0.4, 0.5) is 4.39 Å². The molecule has 0 saturated carbocycles. The molecular formula is C31H41FN6O6S. The van der Waals surface area contributed by atoms with Gasteiger partial charge in [-0.15, -0.1) is 4.80 Å². The number of methoxy groups -OCH3 is 1. The number of nitrogens with zero attached hydrogens (tertiary/aromatic N) is 6. The van der Waals surface area contributed by atoms with Gasteiger partial charge in [-0.1, -0.05) is 18.3 Å². The van der Waals surface area contributed by atoms with Gasteiger partial charge in [-0.3, -0.25) is 18.7 Å². The van der Waals surface area contributed by atoms with E-state index in [0.29, 0.717) is 38.6 Å². The molecule has 1 aromatic carbocycles. The Balaban J connectivity index is 0.000000580. The molecule has 4 aromatic rings. The van der Waals surface area contributed by atoms with Crippen LogP contribution in [-0.4, -0.2) is 79.1 Å². The minimum Gasteiger partial charge on any atom is -0.496 e. The molecule has 0 atom stereocenters. The number of fused-ring (bicyclic) bond motifs is 1. The molecule has 4 heterocycles. The van der Waals surface area contributed by atoms with Crippen LogP contribution in [0.5, 0.6) is 5.75 Å². The summed E-state index contributed by atoms with van der Waals surface area (Å²) in [5.74, 6) is -0.228. The maximum absolute atomic E-state index is 14.0. The normalized spacial score (nSPS) is 13.6. The first kappa shape index (κ1) is 34.0. The molecular weight excluding hydrogens is 603 g/mol. The summed E-state index contributed by atoms with van der Waals surface area (Å²) < 4.78 is 26.8. The number of hydrogen-bond donors (Lipinski definition) is 1. The Kier molecular flexibility index (Phi) is 11.6. The van der Waals surface area contributed by atoms with Gasteiger partial charge in [0.2, 0.25) is 5.91 Å². The number of aromatic nitrogens is 5. The molecule has 244 valence electrons. The lowest BCUT2D eigenvalue weighted by atomic mass is 10.1. The molecule has 1 N–H and O–H groups in total. The summed E-state index contributed by atoms with van der Waals surface area (Å²) in [4.78, 5) is 44.2. The largest absolute Gasteiger partial charge is 0.496 e. The van der Waals surface area contributed by atoms with E-state index in [1.165, 1.54) is 58.4 Å². The lowest BCUT2D eigenvalue weighted by molar-refractivity contribution is -0.133. The predicted molar refractivity (Wildman–Crippen MR) is 170 cm³/mol. The summed E-state index contributed by atoms with van der Waals surface area (Å²) >= 11 is 1.22. The van der Waals surface area contributed by atoms with Gasteiger partial charge in [0, 0.05) is 37.9 Å². The summed E-state index contributed by atoms with van der Waals surface area (Å²) in [6.07, 6.45) is 5.62. The van der Waals surface area contributed by atoms with Crippen molar-refractivity contribution in [3.8, 4) is 10.8 Å². The van der Waals surface area contributed by atoms with Crippen molar-refractivity contribution in [3.63, 3.8) is 0 Å². The van der Waals surface area contributed by atoms with Crippen molar-refractivity contribution in [3.05, 3.63) is 68.4 Å². The number of aliphatic hydroxyl groups excluding tert-OH is 1. The lowest BCUT2D eigenvalue weighted by Gasteiger charge is -2.26. The van der Waals surface area contributed by atoms with Crippen molar-refractivity contribution in [2.45, 2.75) is 78.6 Å². The molecule has 1 amide bonds. The van der Waals surface area contributed by atoms with E-state index in [4.69, 9.17) is 14.6 Å². The number of amides is 1. The molecule has 0 radical (unpaired) electrons. The maximum atomic E-state index is 14.0. The third kappa shape index (κ3) is 7.86. The van der Waals surface area contributed by atoms with Gasteiger partial charge in [-0.2, -0.15) is 10.2 Å². The quantitative estimate of drug-likeness (QED) is 0.278. The zero-order valence-electron chi connectivity index (χ0n) is 26.4. The SMILES string of the molecule is CCCN(C(=O)Cn1c(=O)c2c(C)c(-n3nccn3)sc2n(CCc2cc(F)ccc2OC)c1=O)C(C)C.OC1CCOCC1. The zero-order chi connectivity index (χ0) is 32.7. The summed E-state index contributed by atoms with van der Waals surface area (Å²) in [5, 5.41) is 18.1. The average molecular weight is 645 g/mol. The summed E-state index contributed by atoms with van der Waals surface area (Å²) in [7, 11) is 1.50. The van der Waals surface area contributed by atoms with Crippen molar-refractivity contribution in [1.82, 2.24) is 29.0 Å². The van der Waals surface area contributed by atoms with Gasteiger partial charge in [0.15, 0.2) is 0 Å². The molecule has 12 nitrogen and oxygen atoms in total. The Morgan fingerprint density at radius 3 is 2.47 bits per heavy atom. The van der Waals surface area contributed by atoms with Crippen molar-refractivity contribution in [2.24, 2.45) is 0 Å². The van der Waals surface area contributed by atoms with E-state index in [-0.39, 0.29) is 37.6 Å². The molecule has 5 rings (SSSR count). The molecule has 0 bridgehead atoms. The second-order valence-electron chi connectivity index (χ2n) is 11.1. The van der Waals surface area contributed by atoms with Crippen LogP contribution in [-0.2, 0) is 29.0 Å². The van der Waals surface area contributed by atoms with E-state index in [2.05, 4.69) is 10.2 Å². The van der Waals surface area contributed by atoms with E-state index in [9.17, 15) is 18.8 Å². The number of hydrogen-bond acceptors (Lipinski definition) is 9. The fourth-order valence-corrected chi connectivity index (χ4v) is 6.46. The smallest absolute Gasteiger partial charge is 0.332 e. The van der Waals surface area contributed by atoms with Gasteiger partial charge in [0.1, 0.15) is 27.9 Å². The molecule has 1 aliphatic heterocycles. The highest BCUT2D eigenvalue weighted by atomic mass is 32.1. The van der Waals surface area contributed by atoms with Crippen LogP contribution in [0.1, 0.15) is 51.2 Å². The van der Waals surface area contributed by atoms with Crippen LogP contribution >= 0.6 is 11.3 Å². The van der Waals surface area contributed by atoms with Gasteiger partial charge in [-0.25, -0.2) is 9.18 Å². The van der Waals surface area contributed by atoms with Crippen molar-refractivity contribution in [2.75, 3.05) is 26.9 Å². The van der Waals surface area contributed by atoms with Gasteiger partial charge in [0.05, 0.1) is 31.0 Å². The third-order valence-corrected chi connectivity index (χ3v) is 8.89. The Labute approximate surface area is 264 Å². The number of halogens is 1. The number of aliphatic hydroxyl groups is 1. The van der Waals surface area contributed by atoms with Crippen molar-refractivity contribution >= 4 is 27.5 Å². The molecule has 0 aliphatic carbocycles. The summed E-state index contributed by atoms with van der Waals surface area (Å²) in [6.45, 7) is 9.29. The van der Waals surface area contributed by atoms with Crippen LogP contribution in [0.15, 0.2) is 40.2 Å². The number of carbonyl (C=O) groups is 1. The van der Waals surface area contributed by atoms with E-state index < -0.39 is 17.1 Å². The average Bonchev–Trinajstić information content (AvgIpc) is 3.67. The van der Waals surface area contributed by atoms with Crippen LogP contribution in [0.25, 0.3) is 15.2 Å². The topological polar surface area (TPSA) is 134 Å². The van der Waals surface area contributed by atoms with Crippen molar-refractivity contribution < 1.29 is 23.8 Å². The molecule has 1 saturated heterocycles. The minimum atomic E-state index is -0.604. The Hall–Kier alpha value is -3.88. The minimum absolute atomic E-state index is 0.0788. The number of ether oxygens (including phenoxy) is 2. The highest BCUT2D eigenvalue weighted by Crippen LogP contribution is 2.30. The van der Waals surface area contributed by atoms with Crippen LogP contribution < -0.4 is 16.0 Å². The molecule has 1 aliphatic rings. The van der Waals surface area contributed by atoms with Crippen LogP contribution in [0.3, 0.4) is 0 Å². The van der Waals surface area contributed by atoms with Gasteiger partial charge in [-0.05, 0) is 70.2 Å².